The second-order valence-electron chi connectivity index (χ2n) is 5.90. The Kier molecular flexibility index (Phi) is 4.56. The molecule has 2 aliphatic heterocycles. The number of esters is 1. The molecular weight excluding hydrogens is 264 g/mol. The summed E-state index contributed by atoms with van der Waals surface area (Å²) in [6, 6.07) is 10.5. The Morgan fingerprint density at radius 1 is 1.33 bits per heavy atom. The molecule has 2 fully saturated rings. The lowest BCUT2D eigenvalue weighted by atomic mass is 10.0. The van der Waals surface area contributed by atoms with Crippen LogP contribution in [0.5, 0.6) is 0 Å². The van der Waals surface area contributed by atoms with E-state index in [0.717, 1.165) is 18.5 Å². The highest BCUT2D eigenvalue weighted by atomic mass is 16.5. The van der Waals surface area contributed by atoms with E-state index in [2.05, 4.69) is 10.2 Å². The summed E-state index contributed by atoms with van der Waals surface area (Å²) in [5.74, 6) is -0.167. The van der Waals surface area contributed by atoms with Gasteiger partial charge >= 0.3 is 5.97 Å². The van der Waals surface area contributed by atoms with Crippen molar-refractivity contribution in [3.05, 3.63) is 35.9 Å². The zero-order valence-corrected chi connectivity index (χ0v) is 12.6. The Bertz CT molecular complexity index is 477. The van der Waals surface area contributed by atoms with Gasteiger partial charge in [0.15, 0.2) is 0 Å². The smallest absolute Gasteiger partial charge is 0.327 e. The van der Waals surface area contributed by atoms with Crippen molar-refractivity contribution in [2.75, 3.05) is 19.7 Å². The van der Waals surface area contributed by atoms with Crippen LogP contribution in [0.15, 0.2) is 30.3 Å². The number of hydrogen-bond acceptors (Lipinski definition) is 4. The first kappa shape index (κ1) is 14.5. The molecule has 2 heterocycles. The zero-order valence-electron chi connectivity index (χ0n) is 12.6. The fraction of sp³-hybridized carbons (Fsp3) is 0.588. The third kappa shape index (κ3) is 3.11. The molecule has 0 saturated carbocycles. The van der Waals surface area contributed by atoms with Crippen molar-refractivity contribution < 1.29 is 9.53 Å². The first-order valence-electron chi connectivity index (χ1n) is 8.01. The molecule has 0 amide bonds. The van der Waals surface area contributed by atoms with Gasteiger partial charge in [0, 0.05) is 18.6 Å². The average molecular weight is 288 g/mol. The van der Waals surface area contributed by atoms with Crippen LogP contribution in [0.2, 0.25) is 0 Å². The van der Waals surface area contributed by atoms with Gasteiger partial charge in [0.05, 0.1) is 6.61 Å². The molecule has 2 saturated heterocycles. The first-order chi connectivity index (χ1) is 10.3. The Morgan fingerprint density at radius 2 is 2.14 bits per heavy atom. The second-order valence-corrected chi connectivity index (χ2v) is 5.90. The minimum atomic E-state index is -0.350. The number of hydrogen-bond donors (Lipinski definition) is 1. The number of nitrogens with zero attached hydrogens (tertiary/aromatic N) is 1. The van der Waals surface area contributed by atoms with Crippen LogP contribution in [-0.2, 0) is 9.53 Å². The van der Waals surface area contributed by atoms with E-state index in [1.807, 2.05) is 37.3 Å². The van der Waals surface area contributed by atoms with E-state index in [9.17, 15) is 4.79 Å². The van der Waals surface area contributed by atoms with Crippen molar-refractivity contribution in [1.82, 2.24) is 10.2 Å². The maximum atomic E-state index is 12.3. The van der Waals surface area contributed by atoms with Gasteiger partial charge in [0.1, 0.15) is 6.04 Å². The predicted molar refractivity (Wildman–Crippen MR) is 82.0 cm³/mol. The summed E-state index contributed by atoms with van der Waals surface area (Å²) in [6.07, 6.45) is 3.63. The van der Waals surface area contributed by atoms with Gasteiger partial charge in [0.25, 0.3) is 0 Å². The summed E-state index contributed by atoms with van der Waals surface area (Å²) in [7, 11) is 0. The molecule has 4 heteroatoms. The van der Waals surface area contributed by atoms with Crippen LogP contribution >= 0.6 is 0 Å². The number of benzene rings is 1. The van der Waals surface area contributed by atoms with E-state index < -0.39 is 0 Å². The van der Waals surface area contributed by atoms with E-state index >= 15 is 0 Å². The molecule has 21 heavy (non-hydrogen) atoms. The van der Waals surface area contributed by atoms with Gasteiger partial charge in [0.2, 0.25) is 0 Å². The molecule has 3 unspecified atom stereocenters. The van der Waals surface area contributed by atoms with Gasteiger partial charge in [-0.2, -0.15) is 0 Å². The van der Waals surface area contributed by atoms with Gasteiger partial charge in [-0.1, -0.05) is 30.3 Å². The van der Waals surface area contributed by atoms with Gasteiger partial charge in [-0.25, -0.2) is 4.79 Å². The average Bonchev–Trinajstić information content (AvgIpc) is 3.10. The maximum absolute atomic E-state index is 12.3. The predicted octanol–water partition coefficient (Wildman–Crippen LogP) is 2.12. The Balaban J connectivity index is 1.74. The molecule has 2 aliphatic rings. The lowest BCUT2D eigenvalue weighted by Crippen LogP contribution is -2.43. The van der Waals surface area contributed by atoms with Crippen molar-refractivity contribution >= 4 is 5.97 Å². The van der Waals surface area contributed by atoms with Gasteiger partial charge in [-0.05, 0) is 38.3 Å². The Morgan fingerprint density at radius 3 is 2.90 bits per heavy atom. The quantitative estimate of drug-likeness (QED) is 0.843. The highest BCUT2D eigenvalue weighted by Crippen LogP contribution is 2.30. The molecule has 0 radical (unpaired) electrons. The van der Waals surface area contributed by atoms with Crippen LogP contribution in [-0.4, -0.2) is 42.6 Å². The minimum Gasteiger partial charge on any atom is -0.465 e. The zero-order chi connectivity index (χ0) is 14.7. The van der Waals surface area contributed by atoms with E-state index in [1.54, 1.807) is 0 Å². The molecule has 0 spiro atoms. The molecule has 3 rings (SSSR count). The number of ether oxygens (including phenoxy) is 1. The Labute approximate surface area is 126 Å². The molecule has 1 aromatic carbocycles. The van der Waals surface area contributed by atoms with Crippen molar-refractivity contribution in [2.24, 2.45) is 0 Å². The van der Waals surface area contributed by atoms with Gasteiger partial charge < -0.3 is 4.74 Å². The summed E-state index contributed by atoms with van der Waals surface area (Å²) in [5.41, 5.74) is 0.993. The Hall–Kier alpha value is -1.39. The van der Waals surface area contributed by atoms with Gasteiger partial charge in [-0.3, -0.25) is 10.2 Å². The van der Waals surface area contributed by atoms with E-state index in [0.29, 0.717) is 18.7 Å². The number of carbonyl (C=O) groups is 1. The molecule has 0 bridgehead atoms. The lowest BCUT2D eigenvalue weighted by molar-refractivity contribution is -0.146. The highest BCUT2D eigenvalue weighted by Gasteiger charge is 2.39. The van der Waals surface area contributed by atoms with Crippen molar-refractivity contribution in [3.8, 4) is 0 Å². The minimum absolute atomic E-state index is 0.167. The summed E-state index contributed by atoms with van der Waals surface area (Å²) in [4.78, 5) is 14.9. The van der Waals surface area contributed by atoms with Gasteiger partial charge in [-0.15, -0.1) is 0 Å². The van der Waals surface area contributed by atoms with Crippen LogP contribution in [0.1, 0.15) is 37.8 Å². The summed E-state index contributed by atoms with van der Waals surface area (Å²) in [6.45, 7) is 4.63. The molecular formula is C17H24N2O2. The third-order valence-corrected chi connectivity index (χ3v) is 4.64. The summed E-state index contributed by atoms with van der Waals surface area (Å²) < 4.78 is 5.27. The summed E-state index contributed by atoms with van der Waals surface area (Å²) >= 11 is 0. The fourth-order valence-electron chi connectivity index (χ4n) is 3.66. The normalized spacial score (nSPS) is 26.5. The van der Waals surface area contributed by atoms with E-state index in [-0.39, 0.29) is 12.0 Å². The molecule has 0 aliphatic carbocycles. The summed E-state index contributed by atoms with van der Waals surface area (Å²) in [5, 5.41) is 3.57. The largest absolute Gasteiger partial charge is 0.465 e. The molecule has 114 valence electrons. The van der Waals surface area contributed by atoms with Crippen LogP contribution in [0.3, 0.4) is 0 Å². The molecule has 0 aromatic heterocycles. The van der Waals surface area contributed by atoms with E-state index in [1.165, 1.54) is 19.4 Å². The standard InChI is InChI=1S/C17H24N2O2/c1-2-21-17(20)16(13-7-4-3-5-8-13)18-14-10-12-19-11-6-9-15(14)19/h3-5,7-8,14-16,18H,2,6,9-12H2,1H3. The maximum Gasteiger partial charge on any atom is 0.327 e. The lowest BCUT2D eigenvalue weighted by Gasteiger charge is -2.26. The van der Waals surface area contributed by atoms with Crippen molar-refractivity contribution in [3.63, 3.8) is 0 Å². The molecule has 1 N–H and O–H groups in total. The first-order valence-corrected chi connectivity index (χ1v) is 8.01. The number of carbonyl (C=O) groups excluding carboxylic acids is 1. The molecule has 1 aromatic rings. The molecule has 4 nitrogen and oxygen atoms in total. The highest BCUT2D eigenvalue weighted by molar-refractivity contribution is 5.77. The van der Waals surface area contributed by atoms with Crippen LogP contribution in [0.25, 0.3) is 0 Å². The second kappa shape index (κ2) is 6.58. The van der Waals surface area contributed by atoms with Crippen molar-refractivity contribution in [2.45, 2.75) is 44.3 Å². The monoisotopic (exact) mass is 288 g/mol. The van der Waals surface area contributed by atoms with E-state index in [4.69, 9.17) is 4.74 Å². The van der Waals surface area contributed by atoms with Crippen LogP contribution in [0, 0.1) is 0 Å². The van der Waals surface area contributed by atoms with Crippen molar-refractivity contribution in [1.29, 1.82) is 0 Å². The SMILES string of the molecule is CCOC(=O)C(NC1CCN2CCCC12)c1ccccc1. The van der Waals surface area contributed by atoms with Crippen LogP contribution < -0.4 is 5.32 Å². The fourth-order valence-corrected chi connectivity index (χ4v) is 3.66. The van der Waals surface area contributed by atoms with Crippen LogP contribution in [0.4, 0.5) is 0 Å². The third-order valence-electron chi connectivity index (χ3n) is 4.64. The molecule has 3 atom stereocenters. The number of fused-ring (bicyclic) bond motifs is 1. The number of nitrogens with one attached hydrogen (secondary N) is 1. The number of rotatable bonds is 5. The topological polar surface area (TPSA) is 41.6 Å².